The van der Waals surface area contributed by atoms with Crippen LogP contribution in [0.1, 0.15) is 42.2 Å². The van der Waals surface area contributed by atoms with Gasteiger partial charge in [-0.15, -0.1) is 0 Å². The summed E-state index contributed by atoms with van der Waals surface area (Å²) in [6.07, 6.45) is 0. The number of rotatable bonds is 3. The SMILES string of the molecule is Cc1ccc(OC(=O)c2ccc3c(c2)C(=O)N(c2ccccc2C)C3=O)cc1. The number of carbonyl (C=O) groups excluding carboxylic acids is 3. The zero-order valence-electron chi connectivity index (χ0n) is 15.4. The van der Waals surface area contributed by atoms with Crippen LogP contribution in [0.15, 0.2) is 66.7 Å². The van der Waals surface area contributed by atoms with Crippen molar-refractivity contribution in [3.63, 3.8) is 0 Å². The van der Waals surface area contributed by atoms with Crippen molar-refractivity contribution in [2.24, 2.45) is 0 Å². The number of esters is 1. The Morgan fingerprint density at radius 1 is 0.821 bits per heavy atom. The van der Waals surface area contributed by atoms with E-state index in [0.717, 1.165) is 16.0 Å². The first-order valence-corrected chi connectivity index (χ1v) is 8.83. The first-order chi connectivity index (χ1) is 13.5. The predicted octanol–water partition coefficient (Wildman–Crippen LogP) is 4.32. The fraction of sp³-hybridized carbons (Fsp3) is 0.0870. The van der Waals surface area contributed by atoms with Gasteiger partial charge in [0, 0.05) is 0 Å². The quantitative estimate of drug-likeness (QED) is 0.391. The van der Waals surface area contributed by atoms with Crippen molar-refractivity contribution in [2.75, 3.05) is 4.90 Å². The van der Waals surface area contributed by atoms with E-state index >= 15 is 0 Å². The Morgan fingerprint density at radius 3 is 2.21 bits per heavy atom. The second-order valence-electron chi connectivity index (χ2n) is 6.70. The van der Waals surface area contributed by atoms with Gasteiger partial charge >= 0.3 is 5.97 Å². The summed E-state index contributed by atoms with van der Waals surface area (Å²) in [6.45, 7) is 3.78. The summed E-state index contributed by atoms with van der Waals surface area (Å²) >= 11 is 0. The zero-order valence-corrected chi connectivity index (χ0v) is 15.4. The smallest absolute Gasteiger partial charge is 0.343 e. The van der Waals surface area contributed by atoms with E-state index < -0.39 is 17.8 Å². The second kappa shape index (κ2) is 6.78. The lowest BCUT2D eigenvalue weighted by molar-refractivity contribution is 0.0734. The molecular formula is C23H17NO4. The van der Waals surface area contributed by atoms with Crippen LogP contribution in [0.25, 0.3) is 0 Å². The monoisotopic (exact) mass is 371 g/mol. The van der Waals surface area contributed by atoms with E-state index in [1.165, 1.54) is 18.2 Å². The van der Waals surface area contributed by atoms with Crippen LogP contribution in [0.5, 0.6) is 5.75 Å². The maximum Gasteiger partial charge on any atom is 0.343 e. The molecule has 0 N–H and O–H groups in total. The van der Waals surface area contributed by atoms with Gasteiger partial charge in [0.1, 0.15) is 5.75 Å². The average Bonchev–Trinajstić information content (AvgIpc) is 2.94. The van der Waals surface area contributed by atoms with E-state index in [4.69, 9.17) is 4.74 Å². The molecule has 28 heavy (non-hydrogen) atoms. The summed E-state index contributed by atoms with van der Waals surface area (Å²) in [4.78, 5) is 39.2. The van der Waals surface area contributed by atoms with Crippen molar-refractivity contribution in [3.05, 3.63) is 94.5 Å². The predicted molar refractivity (Wildman–Crippen MR) is 105 cm³/mol. The summed E-state index contributed by atoms with van der Waals surface area (Å²) in [6, 6.07) is 18.7. The molecule has 0 bridgehead atoms. The minimum atomic E-state index is -0.582. The highest BCUT2D eigenvalue weighted by Gasteiger charge is 2.37. The lowest BCUT2D eigenvalue weighted by Gasteiger charge is -2.16. The first kappa shape index (κ1) is 17.7. The Labute approximate surface area is 162 Å². The Kier molecular flexibility index (Phi) is 4.28. The van der Waals surface area contributed by atoms with E-state index in [-0.39, 0.29) is 16.7 Å². The van der Waals surface area contributed by atoms with Gasteiger partial charge in [-0.05, 0) is 55.8 Å². The van der Waals surface area contributed by atoms with Crippen LogP contribution in [0.4, 0.5) is 5.69 Å². The molecule has 5 nitrogen and oxygen atoms in total. The van der Waals surface area contributed by atoms with Crippen molar-refractivity contribution >= 4 is 23.5 Å². The summed E-state index contributed by atoms with van der Waals surface area (Å²) in [5, 5.41) is 0. The minimum Gasteiger partial charge on any atom is -0.423 e. The Morgan fingerprint density at radius 2 is 1.50 bits per heavy atom. The molecule has 0 saturated carbocycles. The number of benzene rings is 3. The minimum absolute atomic E-state index is 0.201. The molecule has 0 radical (unpaired) electrons. The van der Waals surface area contributed by atoms with Gasteiger partial charge < -0.3 is 4.74 Å². The number of para-hydroxylation sites is 1. The number of anilines is 1. The highest BCUT2D eigenvalue weighted by Crippen LogP contribution is 2.31. The average molecular weight is 371 g/mol. The Bertz CT molecular complexity index is 1120. The standard InChI is InChI=1S/C23H17NO4/c1-14-7-10-17(11-8-14)28-23(27)16-9-12-18-19(13-16)22(26)24(21(18)25)20-6-4-3-5-15(20)2/h3-13H,1-2H3. The molecule has 0 unspecified atom stereocenters. The number of hydrogen-bond acceptors (Lipinski definition) is 4. The number of amides is 2. The number of aryl methyl sites for hydroxylation is 2. The molecule has 0 aliphatic carbocycles. The third-order valence-corrected chi connectivity index (χ3v) is 4.71. The highest BCUT2D eigenvalue weighted by atomic mass is 16.5. The fourth-order valence-corrected chi connectivity index (χ4v) is 3.17. The highest BCUT2D eigenvalue weighted by molar-refractivity contribution is 6.34. The van der Waals surface area contributed by atoms with E-state index in [1.54, 1.807) is 24.3 Å². The van der Waals surface area contributed by atoms with Crippen molar-refractivity contribution in [3.8, 4) is 5.75 Å². The molecule has 138 valence electrons. The molecule has 1 heterocycles. The number of nitrogens with zero attached hydrogens (tertiary/aromatic N) is 1. The molecule has 3 aromatic carbocycles. The van der Waals surface area contributed by atoms with Crippen molar-refractivity contribution < 1.29 is 19.1 Å². The number of carbonyl (C=O) groups is 3. The van der Waals surface area contributed by atoms with Gasteiger partial charge in [-0.1, -0.05) is 35.9 Å². The van der Waals surface area contributed by atoms with Crippen molar-refractivity contribution in [1.82, 2.24) is 0 Å². The molecule has 2 amide bonds. The maximum absolute atomic E-state index is 12.9. The Hall–Kier alpha value is -3.73. The summed E-state index contributed by atoms with van der Waals surface area (Å²) in [5.41, 5.74) is 3.10. The van der Waals surface area contributed by atoms with Crippen LogP contribution in [-0.2, 0) is 0 Å². The zero-order chi connectivity index (χ0) is 19.8. The van der Waals surface area contributed by atoms with E-state index in [0.29, 0.717) is 11.4 Å². The van der Waals surface area contributed by atoms with Crippen molar-refractivity contribution in [2.45, 2.75) is 13.8 Å². The van der Waals surface area contributed by atoms with Crippen LogP contribution in [0.3, 0.4) is 0 Å². The van der Waals surface area contributed by atoms with Crippen LogP contribution >= 0.6 is 0 Å². The number of hydrogen-bond donors (Lipinski definition) is 0. The molecule has 0 fully saturated rings. The van der Waals surface area contributed by atoms with Crippen LogP contribution in [-0.4, -0.2) is 17.8 Å². The first-order valence-electron chi connectivity index (χ1n) is 8.83. The lowest BCUT2D eigenvalue weighted by Crippen LogP contribution is -2.29. The van der Waals surface area contributed by atoms with Gasteiger partial charge in [-0.25, -0.2) is 9.69 Å². The van der Waals surface area contributed by atoms with Crippen LogP contribution in [0, 0.1) is 13.8 Å². The van der Waals surface area contributed by atoms with Crippen molar-refractivity contribution in [1.29, 1.82) is 0 Å². The second-order valence-corrected chi connectivity index (χ2v) is 6.70. The lowest BCUT2D eigenvalue weighted by atomic mass is 10.1. The summed E-state index contributed by atoms with van der Waals surface area (Å²) < 4.78 is 5.36. The number of ether oxygens (including phenoxy) is 1. The molecule has 0 aromatic heterocycles. The largest absolute Gasteiger partial charge is 0.423 e. The van der Waals surface area contributed by atoms with E-state index in [2.05, 4.69) is 0 Å². The number of imide groups is 1. The Balaban J connectivity index is 1.64. The van der Waals surface area contributed by atoms with E-state index in [9.17, 15) is 14.4 Å². The maximum atomic E-state index is 12.9. The van der Waals surface area contributed by atoms with Gasteiger partial charge in [0.2, 0.25) is 0 Å². The molecule has 1 aliphatic rings. The molecule has 0 atom stereocenters. The molecule has 5 heteroatoms. The molecular weight excluding hydrogens is 354 g/mol. The molecule has 0 spiro atoms. The molecule has 3 aromatic rings. The fourth-order valence-electron chi connectivity index (χ4n) is 3.17. The van der Waals surface area contributed by atoms with E-state index in [1.807, 2.05) is 38.1 Å². The van der Waals surface area contributed by atoms with Gasteiger partial charge in [0.05, 0.1) is 22.4 Å². The van der Waals surface area contributed by atoms with Crippen LogP contribution < -0.4 is 9.64 Å². The third kappa shape index (κ3) is 2.97. The normalized spacial score (nSPS) is 12.9. The summed E-state index contributed by atoms with van der Waals surface area (Å²) in [5.74, 6) is -1.01. The molecule has 4 rings (SSSR count). The van der Waals surface area contributed by atoms with Crippen LogP contribution in [0.2, 0.25) is 0 Å². The van der Waals surface area contributed by atoms with Gasteiger partial charge in [-0.3, -0.25) is 9.59 Å². The third-order valence-electron chi connectivity index (χ3n) is 4.71. The topological polar surface area (TPSA) is 63.7 Å². The van der Waals surface area contributed by atoms with Gasteiger partial charge in [-0.2, -0.15) is 0 Å². The number of fused-ring (bicyclic) bond motifs is 1. The molecule has 0 saturated heterocycles. The summed E-state index contributed by atoms with van der Waals surface area (Å²) in [7, 11) is 0. The van der Waals surface area contributed by atoms with Gasteiger partial charge in [0.15, 0.2) is 0 Å². The van der Waals surface area contributed by atoms with Gasteiger partial charge in [0.25, 0.3) is 11.8 Å². The molecule has 1 aliphatic heterocycles.